The number of hydrogen-bond donors (Lipinski definition) is 1. The minimum absolute atomic E-state index is 0.0222. The summed E-state index contributed by atoms with van der Waals surface area (Å²) in [6, 6.07) is 0. The number of allylic oxidation sites excluding steroid dienone is 4. The molecule has 2 fully saturated rings. The Hall–Kier alpha value is -0.560. The number of rotatable bonds is 3. The molecule has 1 nitrogen and oxygen atoms in total. The van der Waals surface area contributed by atoms with Gasteiger partial charge in [0, 0.05) is 0 Å². The molecule has 176 valence electrons. The molecule has 0 aromatic rings. The highest BCUT2D eigenvalue weighted by atomic mass is 16.3. The van der Waals surface area contributed by atoms with Crippen molar-refractivity contribution in [2.75, 3.05) is 0 Å². The van der Waals surface area contributed by atoms with E-state index in [1.807, 2.05) is 5.57 Å². The predicted molar refractivity (Wildman–Crippen MR) is 133 cm³/mol. The lowest BCUT2D eigenvalue weighted by Gasteiger charge is -2.58. The topological polar surface area (TPSA) is 20.2 Å². The SMILES string of the molecule is CC1=CCC2C(C)(C)C(O)CCC2(C)C1CCC1=C(C)CCC2(C)CCC(C)C(C)C12. The lowest BCUT2D eigenvalue weighted by molar-refractivity contribution is -0.116. The second-order valence-corrected chi connectivity index (χ2v) is 13.5. The van der Waals surface area contributed by atoms with E-state index in [-0.39, 0.29) is 11.5 Å². The van der Waals surface area contributed by atoms with Crippen molar-refractivity contribution in [3.05, 3.63) is 22.8 Å². The molecular formula is C30H50O. The summed E-state index contributed by atoms with van der Waals surface area (Å²) < 4.78 is 0. The minimum Gasteiger partial charge on any atom is -0.393 e. The molecule has 0 spiro atoms. The smallest absolute Gasteiger partial charge is 0.0594 e. The highest BCUT2D eigenvalue weighted by molar-refractivity contribution is 5.26. The molecule has 4 aliphatic carbocycles. The van der Waals surface area contributed by atoms with Gasteiger partial charge in [0.25, 0.3) is 0 Å². The van der Waals surface area contributed by atoms with Gasteiger partial charge in [0.1, 0.15) is 0 Å². The van der Waals surface area contributed by atoms with E-state index in [0.717, 1.165) is 30.6 Å². The molecule has 8 atom stereocenters. The van der Waals surface area contributed by atoms with Crippen LogP contribution in [-0.2, 0) is 0 Å². The third kappa shape index (κ3) is 3.70. The van der Waals surface area contributed by atoms with Gasteiger partial charge in [-0.2, -0.15) is 0 Å². The van der Waals surface area contributed by atoms with Crippen molar-refractivity contribution in [3.8, 4) is 0 Å². The molecule has 0 aliphatic heterocycles. The normalized spacial score (nSPS) is 47.5. The van der Waals surface area contributed by atoms with Gasteiger partial charge in [-0.05, 0) is 117 Å². The number of aliphatic hydroxyl groups excluding tert-OH is 1. The molecule has 4 rings (SSSR count). The monoisotopic (exact) mass is 426 g/mol. The molecule has 0 bridgehead atoms. The summed E-state index contributed by atoms with van der Waals surface area (Å²) in [5, 5.41) is 10.8. The van der Waals surface area contributed by atoms with Crippen molar-refractivity contribution in [1.29, 1.82) is 0 Å². The van der Waals surface area contributed by atoms with E-state index in [9.17, 15) is 5.11 Å². The third-order valence-corrected chi connectivity index (χ3v) is 11.6. The van der Waals surface area contributed by atoms with E-state index in [0.29, 0.717) is 22.7 Å². The maximum atomic E-state index is 10.8. The number of aliphatic hydroxyl groups is 1. The van der Waals surface area contributed by atoms with Crippen molar-refractivity contribution < 1.29 is 5.11 Å². The van der Waals surface area contributed by atoms with E-state index >= 15 is 0 Å². The zero-order valence-electron chi connectivity index (χ0n) is 21.9. The van der Waals surface area contributed by atoms with Gasteiger partial charge in [-0.25, -0.2) is 0 Å². The number of hydrogen-bond acceptors (Lipinski definition) is 1. The fourth-order valence-corrected chi connectivity index (χ4v) is 9.11. The van der Waals surface area contributed by atoms with Crippen LogP contribution in [0, 0.1) is 45.8 Å². The lowest BCUT2D eigenvalue weighted by Crippen LogP contribution is -2.54. The van der Waals surface area contributed by atoms with Gasteiger partial charge in [0.2, 0.25) is 0 Å². The first-order valence-electron chi connectivity index (χ1n) is 13.4. The Kier molecular flexibility index (Phi) is 6.11. The Morgan fingerprint density at radius 2 is 1.71 bits per heavy atom. The molecule has 0 heterocycles. The van der Waals surface area contributed by atoms with Gasteiger partial charge in [-0.1, -0.05) is 64.3 Å². The largest absolute Gasteiger partial charge is 0.393 e. The maximum absolute atomic E-state index is 10.8. The van der Waals surface area contributed by atoms with Crippen LogP contribution in [0.25, 0.3) is 0 Å². The summed E-state index contributed by atoms with van der Waals surface area (Å²) >= 11 is 0. The standard InChI is InChI=1S/C30H50O/c1-19-13-16-29(7)17-14-20(2)23(27(29)22(19)4)10-11-24-21(3)9-12-25-28(5,6)26(31)15-18-30(24,25)8/h9,19,22,24-27,31H,10-18H2,1-8H3. The number of fused-ring (bicyclic) bond motifs is 2. The quantitative estimate of drug-likeness (QED) is 0.450. The van der Waals surface area contributed by atoms with E-state index in [1.165, 1.54) is 44.9 Å². The van der Waals surface area contributed by atoms with Crippen LogP contribution in [0.2, 0.25) is 0 Å². The summed E-state index contributed by atoms with van der Waals surface area (Å²) in [6.45, 7) is 19.8. The molecule has 8 unspecified atom stereocenters. The van der Waals surface area contributed by atoms with Crippen LogP contribution < -0.4 is 0 Å². The van der Waals surface area contributed by atoms with E-state index in [4.69, 9.17) is 0 Å². The fourth-order valence-electron chi connectivity index (χ4n) is 9.11. The average molecular weight is 427 g/mol. The van der Waals surface area contributed by atoms with Crippen LogP contribution in [0.4, 0.5) is 0 Å². The zero-order valence-corrected chi connectivity index (χ0v) is 21.9. The van der Waals surface area contributed by atoms with Gasteiger partial charge in [0.05, 0.1) is 6.10 Å². The van der Waals surface area contributed by atoms with Crippen molar-refractivity contribution in [2.45, 2.75) is 119 Å². The predicted octanol–water partition coefficient (Wildman–Crippen LogP) is 8.34. The van der Waals surface area contributed by atoms with Gasteiger partial charge in [-0.15, -0.1) is 0 Å². The molecule has 0 aromatic heterocycles. The van der Waals surface area contributed by atoms with Gasteiger partial charge in [0.15, 0.2) is 0 Å². The van der Waals surface area contributed by atoms with Crippen LogP contribution in [0.5, 0.6) is 0 Å². The van der Waals surface area contributed by atoms with Crippen LogP contribution >= 0.6 is 0 Å². The van der Waals surface area contributed by atoms with Crippen LogP contribution in [0.1, 0.15) is 113 Å². The minimum atomic E-state index is -0.147. The van der Waals surface area contributed by atoms with Gasteiger partial charge in [-0.3, -0.25) is 0 Å². The molecule has 0 amide bonds. The highest BCUT2D eigenvalue weighted by Crippen LogP contribution is 2.62. The molecule has 4 aliphatic rings. The average Bonchev–Trinajstić information content (AvgIpc) is 2.70. The van der Waals surface area contributed by atoms with E-state index < -0.39 is 0 Å². The second kappa shape index (κ2) is 8.03. The molecule has 31 heavy (non-hydrogen) atoms. The van der Waals surface area contributed by atoms with Crippen LogP contribution in [0.3, 0.4) is 0 Å². The Bertz CT molecular complexity index is 756. The lowest BCUT2D eigenvalue weighted by atomic mass is 9.47. The first kappa shape index (κ1) is 23.6. The summed E-state index contributed by atoms with van der Waals surface area (Å²) in [4.78, 5) is 0. The Labute approximate surface area is 193 Å². The summed E-state index contributed by atoms with van der Waals surface area (Å²) in [5.41, 5.74) is 6.09. The van der Waals surface area contributed by atoms with Gasteiger partial charge >= 0.3 is 0 Å². The Morgan fingerprint density at radius 3 is 2.42 bits per heavy atom. The summed E-state index contributed by atoms with van der Waals surface area (Å²) in [5.74, 6) is 3.74. The zero-order chi connectivity index (χ0) is 22.8. The summed E-state index contributed by atoms with van der Waals surface area (Å²) in [7, 11) is 0. The molecule has 2 saturated carbocycles. The molecule has 1 N–H and O–H groups in total. The fraction of sp³-hybridized carbons (Fsp3) is 0.867. The third-order valence-electron chi connectivity index (χ3n) is 11.6. The van der Waals surface area contributed by atoms with Gasteiger partial charge < -0.3 is 5.11 Å². The Balaban J connectivity index is 1.60. The molecular weight excluding hydrogens is 376 g/mol. The Morgan fingerprint density at radius 1 is 1.00 bits per heavy atom. The molecule has 0 radical (unpaired) electrons. The van der Waals surface area contributed by atoms with Crippen LogP contribution in [-0.4, -0.2) is 11.2 Å². The van der Waals surface area contributed by atoms with E-state index in [2.05, 4.69) is 61.5 Å². The van der Waals surface area contributed by atoms with Crippen LogP contribution in [0.15, 0.2) is 22.8 Å². The molecule has 0 aromatic carbocycles. The van der Waals surface area contributed by atoms with Crippen molar-refractivity contribution >= 4 is 0 Å². The van der Waals surface area contributed by atoms with E-state index in [1.54, 1.807) is 11.1 Å². The molecule has 0 saturated heterocycles. The maximum Gasteiger partial charge on any atom is 0.0594 e. The molecule has 1 heteroatoms. The van der Waals surface area contributed by atoms with Crippen molar-refractivity contribution in [3.63, 3.8) is 0 Å². The summed E-state index contributed by atoms with van der Waals surface area (Å²) in [6.07, 6.45) is 13.9. The van der Waals surface area contributed by atoms with Crippen molar-refractivity contribution in [2.24, 2.45) is 45.8 Å². The first-order valence-corrected chi connectivity index (χ1v) is 13.4. The highest BCUT2D eigenvalue weighted by Gasteiger charge is 2.55. The van der Waals surface area contributed by atoms with Crippen molar-refractivity contribution in [1.82, 2.24) is 0 Å². The second-order valence-electron chi connectivity index (χ2n) is 13.5. The first-order chi connectivity index (χ1) is 14.4.